The summed E-state index contributed by atoms with van der Waals surface area (Å²) in [6.07, 6.45) is 0. The number of thioether (sulfide) groups is 1. The minimum absolute atomic E-state index is 0.0267. The lowest BCUT2D eigenvalue weighted by Crippen LogP contribution is -2.10. The van der Waals surface area contributed by atoms with Gasteiger partial charge >= 0.3 is 0 Å². The molecule has 4 aromatic rings. The Balaban J connectivity index is 1.68. The third-order valence-electron chi connectivity index (χ3n) is 4.85. The number of rotatable bonds is 6. The zero-order valence-electron chi connectivity index (χ0n) is 16.0. The molecule has 1 heterocycles. The van der Waals surface area contributed by atoms with Gasteiger partial charge in [0.05, 0.1) is 28.4 Å². The van der Waals surface area contributed by atoms with Gasteiger partial charge in [0.15, 0.2) is 10.9 Å². The van der Waals surface area contributed by atoms with E-state index in [2.05, 4.69) is 11.9 Å². The fraction of sp³-hybridized carbons (Fsp3) is 0.130. The van der Waals surface area contributed by atoms with Crippen LogP contribution < -0.4 is 0 Å². The van der Waals surface area contributed by atoms with Gasteiger partial charge in [-0.05, 0) is 42.8 Å². The molecule has 0 radical (unpaired) electrons. The van der Waals surface area contributed by atoms with Crippen molar-refractivity contribution in [2.75, 3.05) is 5.75 Å². The minimum Gasteiger partial charge on any atom is -0.312 e. The molecule has 0 aliphatic rings. The summed E-state index contributed by atoms with van der Waals surface area (Å²) in [5.74, 6) is -2.03. The van der Waals surface area contributed by atoms with Gasteiger partial charge in [-0.15, -0.1) is 0 Å². The highest BCUT2D eigenvalue weighted by Gasteiger charge is 2.20. The number of nitrogens with zero attached hydrogens (tertiary/aromatic N) is 2. The Hall–Kier alpha value is -2.70. The molecule has 152 valence electrons. The first-order valence-corrected chi connectivity index (χ1v) is 10.6. The Bertz CT molecular complexity index is 1230. The van der Waals surface area contributed by atoms with Crippen molar-refractivity contribution >= 4 is 40.2 Å². The van der Waals surface area contributed by atoms with Crippen molar-refractivity contribution in [2.45, 2.75) is 18.1 Å². The highest BCUT2D eigenvalue weighted by Crippen LogP contribution is 2.32. The molecule has 0 aliphatic heterocycles. The highest BCUT2D eigenvalue weighted by molar-refractivity contribution is 7.99. The van der Waals surface area contributed by atoms with E-state index in [4.69, 9.17) is 11.6 Å². The lowest BCUT2D eigenvalue weighted by molar-refractivity contribution is 0.101. The number of hydrogen-bond donors (Lipinski definition) is 0. The molecule has 7 heteroatoms. The number of imidazole rings is 1. The van der Waals surface area contributed by atoms with Crippen LogP contribution in [0.25, 0.3) is 11.0 Å². The molecule has 0 saturated carbocycles. The average Bonchev–Trinajstić information content (AvgIpc) is 3.09. The third kappa shape index (κ3) is 4.11. The molecule has 1 aromatic heterocycles. The number of carbonyl (C=O) groups is 1. The van der Waals surface area contributed by atoms with E-state index in [0.29, 0.717) is 21.8 Å². The second-order valence-corrected chi connectivity index (χ2v) is 8.20. The van der Waals surface area contributed by atoms with Crippen molar-refractivity contribution in [2.24, 2.45) is 0 Å². The molecule has 0 saturated heterocycles. The number of carbonyl (C=O) groups excluding carboxylic acids is 1. The summed E-state index contributed by atoms with van der Waals surface area (Å²) in [4.78, 5) is 17.2. The Morgan fingerprint density at radius 3 is 2.60 bits per heavy atom. The van der Waals surface area contributed by atoms with Crippen LogP contribution >= 0.6 is 23.4 Å². The maximum atomic E-state index is 14.0. The van der Waals surface area contributed by atoms with E-state index < -0.39 is 17.4 Å². The number of Topliss-reactive ketones (excluding diaryl/α,β-unsaturated/α-hetero) is 1. The van der Waals surface area contributed by atoms with Crippen LogP contribution in [0, 0.1) is 11.6 Å². The van der Waals surface area contributed by atoms with E-state index in [1.807, 2.05) is 41.0 Å². The van der Waals surface area contributed by atoms with Crippen LogP contribution in [0.3, 0.4) is 0 Å². The van der Waals surface area contributed by atoms with Crippen molar-refractivity contribution in [1.82, 2.24) is 9.55 Å². The van der Waals surface area contributed by atoms with Crippen LogP contribution in [0.2, 0.25) is 5.02 Å². The monoisotopic (exact) mass is 442 g/mol. The quantitative estimate of drug-likeness (QED) is 0.251. The van der Waals surface area contributed by atoms with E-state index in [1.54, 1.807) is 12.1 Å². The molecule has 0 aliphatic carbocycles. The molecule has 1 unspecified atom stereocenters. The highest BCUT2D eigenvalue weighted by atomic mass is 35.5. The standard InChI is InChI=1S/C23H17ClF2N2OS/c1-14(15-5-3-2-4-6-15)28-21-10-7-16(24)11-20(21)27-23(28)30-13-22(29)18-9-8-17(25)12-19(18)26/h2-12,14H,13H2,1H3. The number of halogens is 3. The van der Waals surface area contributed by atoms with E-state index >= 15 is 0 Å². The molecule has 0 spiro atoms. The molecule has 3 nitrogen and oxygen atoms in total. The summed E-state index contributed by atoms with van der Waals surface area (Å²) in [5, 5.41) is 1.19. The van der Waals surface area contributed by atoms with Crippen LogP contribution in [-0.2, 0) is 0 Å². The maximum Gasteiger partial charge on any atom is 0.176 e. The van der Waals surface area contributed by atoms with Gasteiger partial charge in [-0.2, -0.15) is 0 Å². The zero-order valence-corrected chi connectivity index (χ0v) is 17.6. The lowest BCUT2D eigenvalue weighted by Gasteiger charge is -2.18. The first kappa shape index (κ1) is 20.6. The normalized spacial score (nSPS) is 12.3. The Kier molecular flexibility index (Phi) is 5.88. The fourth-order valence-corrected chi connectivity index (χ4v) is 4.47. The molecule has 1 atom stereocenters. The first-order chi connectivity index (χ1) is 14.4. The summed E-state index contributed by atoms with van der Waals surface area (Å²) in [6, 6.07) is 18.3. The second kappa shape index (κ2) is 8.58. The van der Waals surface area contributed by atoms with Gasteiger partial charge in [0, 0.05) is 11.1 Å². The number of ketones is 1. The van der Waals surface area contributed by atoms with Crippen LogP contribution in [0.15, 0.2) is 71.9 Å². The van der Waals surface area contributed by atoms with Crippen molar-refractivity contribution < 1.29 is 13.6 Å². The topological polar surface area (TPSA) is 34.9 Å². The largest absolute Gasteiger partial charge is 0.312 e. The van der Waals surface area contributed by atoms with Gasteiger partial charge in [0.2, 0.25) is 0 Å². The molecular weight excluding hydrogens is 426 g/mol. The Morgan fingerprint density at radius 1 is 1.10 bits per heavy atom. The van der Waals surface area contributed by atoms with Crippen molar-refractivity contribution in [3.63, 3.8) is 0 Å². The molecule has 0 N–H and O–H groups in total. The van der Waals surface area contributed by atoms with Gasteiger partial charge in [-0.1, -0.05) is 53.7 Å². The zero-order chi connectivity index (χ0) is 21.3. The third-order valence-corrected chi connectivity index (χ3v) is 6.04. The van der Waals surface area contributed by atoms with E-state index in [1.165, 1.54) is 17.8 Å². The molecule has 30 heavy (non-hydrogen) atoms. The van der Waals surface area contributed by atoms with Gasteiger partial charge < -0.3 is 4.57 Å². The van der Waals surface area contributed by atoms with E-state index in [-0.39, 0.29) is 17.4 Å². The fourth-order valence-electron chi connectivity index (χ4n) is 3.33. The predicted molar refractivity (Wildman–Crippen MR) is 116 cm³/mol. The van der Waals surface area contributed by atoms with E-state index in [0.717, 1.165) is 17.1 Å². The Labute approximate surface area is 181 Å². The van der Waals surface area contributed by atoms with Gasteiger partial charge in [-0.25, -0.2) is 13.8 Å². The first-order valence-electron chi connectivity index (χ1n) is 9.27. The smallest absolute Gasteiger partial charge is 0.176 e. The van der Waals surface area contributed by atoms with Gasteiger partial charge in [-0.3, -0.25) is 4.79 Å². The molecule has 0 bridgehead atoms. The minimum atomic E-state index is -0.862. The van der Waals surface area contributed by atoms with Crippen LogP contribution in [0.5, 0.6) is 0 Å². The van der Waals surface area contributed by atoms with Crippen LogP contribution in [-0.4, -0.2) is 21.1 Å². The second-order valence-electron chi connectivity index (χ2n) is 6.82. The molecule has 0 amide bonds. The summed E-state index contributed by atoms with van der Waals surface area (Å²) in [7, 11) is 0. The molecule has 0 fully saturated rings. The molecule has 4 rings (SSSR count). The molecule has 3 aromatic carbocycles. The van der Waals surface area contributed by atoms with Crippen molar-refractivity contribution in [3.8, 4) is 0 Å². The lowest BCUT2D eigenvalue weighted by atomic mass is 10.1. The van der Waals surface area contributed by atoms with Gasteiger partial charge in [0.1, 0.15) is 11.6 Å². The van der Waals surface area contributed by atoms with E-state index in [9.17, 15) is 13.6 Å². The van der Waals surface area contributed by atoms with Crippen LogP contribution in [0.4, 0.5) is 8.78 Å². The predicted octanol–water partition coefficient (Wildman–Crippen LogP) is 6.55. The van der Waals surface area contributed by atoms with Crippen molar-refractivity contribution in [3.05, 3.63) is 94.5 Å². The molecular formula is C23H17ClF2N2OS. The Morgan fingerprint density at radius 2 is 1.87 bits per heavy atom. The summed E-state index contributed by atoms with van der Waals surface area (Å²) in [6.45, 7) is 2.05. The summed E-state index contributed by atoms with van der Waals surface area (Å²) < 4.78 is 29.1. The number of aromatic nitrogens is 2. The number of hydrogen-bond acceptors (Lipinski definition) is 3. The average molecular weight is 443 g/mol. The number of benzene rings is 3. The SMILES string of the molecule is CC(c1ccccc1)n1c(SCC(=O)c2ccc(F)cc2F)nc2cc(Cl)ccc21. The summed E-state index contributed by atoms with van der Waals surface area (Å²) >= 11 is 7.35. The summed E-state index contributed by atoms with van der Waals surface area (Å²) in [5.41, 5.74) is 2.56. The van der Waals surface area contributed by atoms with Crippen LogP contribution in [0.1, 0.15) is 28.9 Å². The van der Waals surface area contributed by atoms with Crippen molar-refractivity contribution in [1.29, 1.82) is 0 Å². The van der Waals surface area contributed by atoms with Gasteiger partial charge in [0.25, 0.3) is 0 Å². The number of fused-ring (bicyclic) bond motifs is 1. The maximum absolute atomic E-state index is 14.0.